The van der Waals surface area contributed by atoms with E-state index in [0.717, 1.165) is 0 Å². The van der Waals surface area contributed by atoms with Gasteiger partial charge >= 0.3 is 0 Å². The molecule has 0 aliphatic carbocycles. The molecule has 6 heteroatoms. The number of aromatic nitrogens is 1. The highest BCUT2D eigenvalue weighted by Gasteiger charge is 2.24. The Balaban J connectivity index is 1.60. The van der Waals surface area contributed by atoms with Crippen LogP contribution < -0.4 is 0 Å². The highest BCUT2D eigenvalue weighted by atomic mass is 19.1. The molecule has 1 fully saturated rings. The second kappa shape index (κ2) is 6.27. The van der Waals surface area contributed by atoms with Crippen molar-refractivity contribution in [2.24, 2.45) is 0 Å². The fourth-order valence-electron chi connectivity index (χ4n) is 2.55. The van der Waals surface area contributed by atoms with Crippen LogP contribution >= 0.6 is 0 Å². The molecule has 1 aliphatic rings. The fraction of sp³-hybridized carbons (Fsp3) is 0.375. The van der Waals surface area contributed by atoms with Gasteiger partial charge in [0.25, 0.3) is 0 Å². The molecular weight excluding hydrogens is 287 g/mol. The molecule has 22 heavy (non-hydrogen) atoms. The van der Waals surface area contributed by atoms with Gasteiger partial charge < -0.3 is 14.4 Å². The number of hydrogen-bond acceptors (Lipinski definition) is 4. The number of rotatable bonds is 4. The minimum absolute atomic E-state index is 0.0257. The fourth-order valence-corrected chi connectivity index (χ4v) is 2.55. The summed E-state index contributed by atoms with van der Waals surface area (Å²) in [6.45, 7) is 0.983. The van der Waals surface area contributed by atoms with Crippen LogP contribution in [0.1, 0.15) is 18.7 Å². The standard InChI is InChI=1S/C16H17FN2O3/c17-13-4-2-1-3-12(13)14-9-18-15(22-14)5-6-16(21)19-8-7-11(20)10-19/h1-4,9,11,20H,5-8,10H2/t11-/m1/s1. The number of halogens is 1. The van der Waals surface area contributed by atoms with Gasteiger partial charge in [-0.1, -0.05) is 12.1 Å². The molecule has 0 unspecified atom stereocenters. The topological polar surface area (TPSA) is 66.6 Å². The molecule has 1 aromatic carbocycles. The van der Waals surface area contributed by atoms with Crippen molar-refractivity contribution in [3.63, 3.8) is 0 Å². The third-order valence-electron chi connectivity index (χ3n) is 3.76. The van der Waals surface area contributed by atoms with Gasteiger partial charge in [-0.2, -0.15) is 0 Å². The molecule has 116 valence electrons. The van der Waals surface area contributed by atoms with Crippen molar-refractivity contribution in [1.29, 1.82) is 0 Å². The van der Waals surface area contributed by atoms with E-state index in [-0.39, 0.29) is 18.1 Å². The van der Waals surface area contributed by atoms with Crippen LogP contribution in [0.15, 0.2) is 34.9 Å². The first kappa shape index (κ1) is 14.7. The van der Waals surface area contributed by atoms with Gasteiger partial charge in [-0.15, -0.1) is 0 Å². The lowest BCUT2D eigenvalue weighted by Crippen LogP contribution is -2.29. The summed E-state index contributed by atoms with van der Waals surface area (Å²) in [6, 6.07) is 6.32. The maximum absolute atomic E-state index is 13.7. The number of likely N-dealkylation sites (tertiary alicyclic amines) is 1. The van der Waals surface area contributed by atoms with Gasteiger partial charge in [0.15, 0.2) is 11.7 Å². The SMILES string of the molecule is O=C(CCc1ncc(-c2ccccc2F)o1)N1CC[C@@H](O)C1. The van der Waals surface area contributed by atoms with Crippen LogP contribution in [0.3, 0.4) is 0 Å². The largest absolute Gasteiger partial charge is 0.441 e. The molecule has 1 N–H and O–H groups in total. The van der Waals surface area contributed by atoms with Crippen molar-refractivity contribution in [2.45, 2.75) is 25.4 Å². The Kier molecular flexibility index (Phi) is 4.20. The van der Waals surface area contributed by atoms with E-state index in [1.807, 2.05) is 0 Å². The van der Waals surface area contributed by atoms with Crippen molar-refractivity contribution in [1.82, 2.24) is 9.88 Å². The van der Waals surface area contributed by atoms with E-state index in [4.69, 9.17) is 4.42 Å². The van der Waals surface area contributed by atoms with Crippen LogP contribution in [-0.4, -0.2) is 40.1 Å². The summed E-state index contributed by atoms with van der Waals surface area (Å²) in [5, 5.41) is 9.43. The molecule has 1 saturated heterocycles. The number of carbonyl (C=O) groups excluding carboxylic acids is 1. The Labute approximate surface area is 127 Å². The number of carbonyl (C=O) groups is 1. The molecule has 1 atom stereocenters. The van der Waals surface area contributed by atoms with Gasteiger partial charge in [0.05, 0.1) is 17.9 Å². The molecule has 1 amide bonds. The third-order valence-corrected chi connectivity index (χ3v) is 3.76. The van der Waals surface area contributed by atoms with E-state index in [2.05, 4.69) is 4.98 Å². The lowest BCUT2D eigenvalue weighted by molar-refractivity contribution is -0.130. The van der Waals surface area contributed by atoms with E-state index in [9.17, 15) is 14.3 Å². The number of oxazole rings is 1. The van der Waals surface area contributed by atoms with Gasteiger partial charge in [-0.3, -0.25) is 4.79 Å². The van der Waals surface area contributed by atoms with Gasteiger partial charge in [-0.05, 0) is 18.6 Å². The number of aliphatic hydroxyl groups is 1. The number of hydrogen-bond donors (Lipinski definition) is 1. The average Bonchev–Trinajstić information content (AvgIpc) is 3.14. The zero-order valence-electron chi connectivity index (χ0n) is 12.0. The zero-order chi connectivity index (χ0) is 15.5. The molecule has 2 heterocycles. The Morgan fingerprint density at radius 3 is 3.00 bits per heavy atom. The summed E-state index contributed by atoms with van der Waals surface area (Å²) >= 11 is 0. The summed E-state index contributed by atoms with van der Waals surface area (Å²) in [4.78, 5) is 17.7. The molecule has 2 aromatic rings. The van der Waals surface area contributed by atoms with Gasteiger partial charge in [0.2, 0.25) is 5.91 Å². The smallest absolute Gasteiger partial charge is 0.223 e. The first-order valence-corrected chi connectivity index (χ1v) is 7.29. The summed E-state index contributed by atoms with van der Waals surface area (Å²) < 4.78 is 19.2. The van der Waals surface area contributed by atoms with E-state index in [0.29, 0.717) is 43.1 Å². The average molecular weight is 304 g/mol. The minimum atomic E-state index is -0.418. The zero-order valence-corrected chi connectivity index (χ0v) is 12.0. The van der Waals surface area contributed by atoms with Crippen molar-refractivity contribution in [3.05, 3.63) is 42.2 Å². The van der Waals surface area contributed by atoms with Crippen LogP contribution in [0.25, 0.3) is 11.3 Å². The van der Waals surface area contributed by atoms with E-state index in [1.54, 1.807) is 23.1 Å². The molecule has 0 spiro atoms. The van der Waals surface area contributed by atoms with Gasteiger partial charge in [0.1, 0.15) is 5.82 Å². The summed E-state index contributed by atoms with van der Waals surface area (Å²) in [5.41, 5.74) is 0.357. The molecule has 5 nitrogen and oxygen atoms in total. The number of β-amino-alcohol motifs (C(OH)–C–C–N with tert-alkyl or cyclic N) is 1. The predicted octanol–water partition coefficient (Wildman–Crippen LogP) is 2.01. The maximum atomic E-state index is 13.7. The maximum Gasteiger partial charge on any atom is 0.223 e. The van der Waals surface area contributed by atoms with E-state index >= 15 is 0 Å². The number of amides is 1. The number of aliphatic hydroxyl groups excluding tert-OH is 1. The van der Waals surface area contributed by atoms with Gasteiger partial charge in [-0.25, -0.2) is 9.37 Å². The summed E-state index contributed by atoms with van der Waals surface area (Å²) in [6.07, 6.45) is 2.31. The highest BCUT2D eigenvalue weighted by Crippen LogP contribution is 2.23. The first-order valence-electron chi connectivity index (χ1n) is 7.29. The van der Waals surface area contributed by atoms with Crippen LogP contribution in [0.5, 0.6) is 0 Å². The summed E-state index contributed by atoms with van der Waals surface area (Å²) in [5.74, 6) is 0.373. The van der Waals surface area contributed by atoms with Crippen LogP contribution in [-0.2, 0) is 11.2 Å². The molecule has 0 bridgehead atoms. The second-order valence-corrected chi connectivity index (χ2v) is 5.38. The molecule has 1 aliphatic heterocycles. The predicted molar refractivity (Wildman–Crippen MR) is 77.4 cm³/mol. The van der Waals surface area contributed by atoms with Crippen LogP contribution in [0.4, 0.5) is 4.39 Å². The van der Waals surface area contributed by atoms with Crippen LogP contribution in [0, 0.1) is 5.82 Å². The van der Waals surface area contributed by atoms with Crippen molar-refractivity contribution >= 4 is 5.91 Å². The molecule has 1 aromatic heterocycles. The highest BCUT2D eigenvalue weighted by molar-refractivity contribution is 5.76. The third kappa shape index (κ3) is 3.17. The van der Waals surface area contributed by atoms with Crippen molar-refractivity contribution in [2.75, 3.05) is 13.1 Å². The van der Waals surface area contributed by atoms with E-state index < -0.39 is 6.10 Å². The quantitative estimate of drug-likeness (QED) is 0.938. The monoisotopic (exact) mass is 304 g/mol. The van der Waals surface area contributed by atoms with Crippen LogP contribution in [0.2, 0.25) is 0 Å². The Morgan fingerprint density at radius 1 is 1.45 bits per heavy atom. The number of aryl methyl sites for hydroxylation is 1. The normalized spacial score (nSPS) is 17.9. The number of nitrogens with zero attached hydrogens (tertiary/aromatic N) is 2. The van der Waals surface area contributed by atoms with E-state index in [1.165, 1.54) is 12.3 Å². The molecule has 3 rings (SSSR count). The lowest BCUT2D eigenvalue weighted by Gasteiger charge is -2.14. The Morgan fingerprint density at radius 2 is 2.27 bits per heavy atom. The summed E-state index contributed by atoms with van der Waals surface area (Å²) in [7, 11) is 0. The Bertz CT molecular complexity index is 671. The molecule has 0 saturated carbocycles. The van der Waals surface area contributed by atoms with Crippen molar-refractivity contribution in [3.8, 4) is 11.3 Å². The van der Waals surface area contributed by atoms with Gasteiger partial charge in [0, 0.05) is 25.9 Å². The number of benzene rings is 1. The Hall–Kier alpha value is -2.21. The minimum Gasteiger partial charge on any atom is -0.441 e. The second-order valence-electron chi connectivity index (χ2n) is 5.38. The molecular formula is C16H17FN2O3. The lowest BCUT2D eigenvalue weighted by atomic mass is 10.2. The van der Waals surface area contributed by atoms with Crippen molar-refractivity contribution < 1.29 is 18.7 Å². The first-order chi connectivity index (χ1) is 10.6. The molecule has 0 radical (unpaired) electrons.